The van der Waals surface area contributed by atoms with E-state index in [1.165, 1.54) is 80.1 Å². The Morgan fingerprint density at radius 2 is 1.43 bits per heavy atom. The number of aromatic nitrogens is 2. The van der Waals surface area contributed by atoms with Crippen LogP contribution in [0.5, 0.6) is 0 Å². The van der Waals surface area contributed by atoms with Crippen LogP contribution in [0.15, 0.2) is 54.9 Å². The molecule has 0 radical (unpaired) electrons. The van der Waals surface area contributed by atoms with Gasteiger partial charge in [0.15, 0.2) is 0 Å². The van der Waals surface area contributed by atoms with E-state index in [4.69, 9.17) is 4.98 Å². The minimum Gasteiger partial charge on any atom is -0.370 e. The number of imidazole rings is 1. The second kappa shape index (κ2) is 7.62. The first kappa shape index (κ1) is 17.8. The van der Waals surface area contributed by atoms with E-state index in [2.05, 4.69) is 64.3 Å². The van der Waals surface area contributed by atoms with Crippen molar-refractivity contribution in [2.24, 2.45) is 0 Å². The average Bonchev–Trinajstić information content (AvgIpc) is 3.05. The third-order valence-electron chi connectivity index (χ3n) is 6.96. The highest BCUT2D eigenvalue weighted by Crippen LogP contribution is 2.42. The van der Waals surface area contributed by atoms with Crippen LogP contribution in [-0.2, 0) is 5.54 Å². The summed E-state index contributed by atoms with van der Waals surface area (Å²) in [4.78, 5) is 7.54. The van der Waals surface area contributed by atoms with Crippen LogP contribution in [0.3, 0.4) is 0 Å². The van der Waals surface area contributed by atoms with Gasteiger partial charge in [0.25, 0.3) is 0 Å². The molecule has 1 aliphatic carbocycles. The normalized spacial score (nSPS) is 20.2. The van der Waals surface area contributed by atoms with E-state index in [0.29, 0.717) is 0 Å². The molecule has 5 rings (SSSR count). The molecule has 1 aliphatic heterocycles. The van der Waals surface area contributed by atoms with Gasteiger partial charge in [0.1, 0.15) is 5.52 Å². The van der Waals surface area contributed by atoms with Gasteiger partial charge in [-0.1, -0.05) is 62.1 Å². The number of para-hydroxylation sites is 1. The van der Waals surface area contributed by atoms with Crippen molar-refractivity contribution in [3.05, 3.63) is 60.4 Å². The molecule has 2 fully saturated rings. The van der Waals surface area contributed by atoms with Gasteiger partial charge in [-0.2, -0.15) is 0 Å². The monoisotopic (exact) mass is 373 g/mol. The average molecular weight is 374 g/mol. The third-order valence-corrected chi connectivity index (χ3v) is 6.96. The number of hydrogen-bond acceptors (Lipinski definition) is 2. The summed E-state index contributed by atoms with van der Waals surface area (Å²) in [6.45, 7) is 2.33. The number of rotatable bonds is 3. The number of nitrogens with zero attached hydrogens (tertiary/aromatic N) is 3. The van der Waals surface area contributed by atoms with Crippen LogP contribution in [-0.4, -0.2) is 22.6 Å². The van der Waals surface area contributed by atoms with Crippen molar-refractivity contribution in [3.8, 4) is 0 Å². The summed E-state index contributed by atoms with van der Waals surface area (Å²) in [5.74, 6) is 0. The number of fused-ring (bicyclic) bond motifs is 1. The minimum atomic E-state index is 0.0348. The highest BCUT2D eigenvalue weighted by atomic mass is 15.2. The SMILES string of the molecule is c1ccc(C2(n3cnc4c(N5CCCCC5)cccc43)CCCCCC2)cc1. The second-order valence-corrected chi connectivity index (χ2v) is 8.62. The van der Waals surface area contributed by atoms with E-state index in [1.54, 1.807) is 0 Å². The molecule has 1 aromatic heterocycles. The Kier molecular flexibility index (Phi) is 4.84. The molecule has 3 nitrogen and oxygen atoms in total. The van der Waals surface area contributed by atoms with Crippen molar-refractivity contribution in [1.82, 2.24) is 9.55 Å². The fraction of sp³-hybridized carbons (Fsp3) is 0.480. The van der Waals surface area contributed by atoms with Gasteiger partial charge < -0.3 is 9.47 Å². The summed E-state index contributed by atoms with van der Waals surface area (Å²) >= 11 is 0. The van der Waals surface area contributed by atoms with Crippen LogP contribution in [0, 0.1) is 0 Å². The summed E-state index contributed by atoms with van der Waals surface area (Å²) in [5.41, 5.74) is 5.29. The molecular weight excluding hydrogens is 342 g/mol. The first-order chi connectivity index (χ1) is 13.9. The summed E-state index contributed by atoms with van der Waals surface area (Å²) < 4.78 is 2.52. The van der Waals surface area contributed by atoms with Crippen molar-refractivity contribution in [2.45, 2.75) is 63.3 Å². The lowest BCUT2D eigenvalue weighted by molar-refractivity contribution is 0.316. The number of hydrogen-bond donors (Lipinski definition) is 0. The molecule has 2 aliphatic rings. The molecule has 0 spiro atoms. The van der Waals surface area contributed by atoms with Crippen molar-refractivity contribution < 1.29 is 0 Å². The van der Waals surface area contributed by atoms with Gasteiger partial charge in [-0.05, 0) is 49.8 Å². The van der Waals surface area contributed by atoms with Crippen LogP contribution >= 0.6 is 0 Å². The molecule has 0 bridgehead atoms. The van der Waals surface area contributed by atoms with Gasteiger partial charge in [-0.15, -0.1) is 0 Å². The summed E-state index contributed by atoms with van der Waals surface area (Å²) in [5, 5.41) is 0. The largest absolute Gasteiger partial charge is 0.370 e. The lowest BCUT2D eigenvalue weighted by Crippen LogP contribution is -2.34. The Morgan fingerprint density at radius 3 is 2.18 bits per heavy atom. The molecule has 0 amide bonds. The minimum absolute atomic E-state index is 0.0348. The van der Waals surface area contributed by atoms with Crippen LogP contribution < -0.4 is 4.90 Å². The van der Waals surface area contributed by atoms with Gasteiger partial charge in [-0.3, -0.25) is 0 Å². The van der Waals surface area contributed by atoms with Crippen molar-refractivity contribution in [2.75, 3.05) is 18.0 Å². The summed E-state index contributed by atoms with van der Waals surface area (Å²) in [6.07, 6.45) is 13.8. The Morgan fingerprint density at radius 1 is 0.714 bits per heavy atom. The molecule has 0 N–H and O–H groups in total. The first-order valence-corrected chi connectivity index (χ1v) is 11.2. The molecular formula is C25H31N3. The molecule has 1 saturated heterocycles. The summed E-state index contributed by atoms with van der Waals surface area (Å²) in [6, 6.07) is 18.0. The zero-order valence-corrected chi connectivity index (χ0v) is 16.8. The van der Waals surface area contributed by atoms with Gasteiger partial charge >= 0.3 is 0 Å². The molecule has 3 aromatic rings. The van der Waals surface area contributed by atoms with Crippen molar-refractivity contribution >= 4 is 16.7 Å². The third kappa shape index (κ3) is 3.01. The molecule has 0 unspecified atom stereocenters. The maximum absolute atomic E-state index is 4.99. The van der Waals surface area contributed by atoms with E-state index < -0.39 is 0 Å². The maximum atomic E-state index is 4.99. The Labute approximate surface area is 168 Å². The molecule has 28 heavy (non-hydrogen) atoms. The van der Waals surface area contributed by atoms with E-state index in [-0.39, 0.29) is 5.54 Å². The highest BCUT2D eigenvalue weighted by molar-refractivity contribution is 5.89. The lowest BCUT2D eigenvalue weighted by atomic mass is 9.82. The molecule has 0 atom stereocenters. The van der Waals surface area contributed by atoms with Crippen LogP contribution in [0.1, 0.15) is 63.4 Å². The maximum Gasteiger partial charge on any atom is 0.112 e. The zero-order chi connectivity index (χ0) is 18.8. The van der Waals surface area contributed by atoms with Crippen LogP contribution in [0.2, 0.25) is 0 Å². The molecule has 2 aromatic carbocycles. The fourth-order valence-electron chi connectivity index (χ4n) is 5.49. The van der Waals surface area contributed by atoms with Gasteiger partial charge in [0.05, 0.1) is 23.1 Å². The number of benzene rings is 2. The Balaban J connectivity index is 1.65. The van der Waals surface area contributed by atoms with Crippen LogP contribution in [0.4, 0.5) is 5.69 Å². The van der Waals surface area contributed by atoms with Crippen molar-refractivity contribution in [1.29, 1.82) is 0 Å². The topological polar surface area (TPSA) is 21.1 Å². The van der Waals surface area contributed by atoms with Gasteiger partial charge in [-0.25, -0.2) is 4.98 Å². The summed E-state index contributed by atoms with van der Waals surface area (Å²) in [7, 11) is 0. The quantitative estimate of drug-likeness (QED) is 0.515. The smallest absolute Gasteiger partial charge is 0.112 e. The predicted molar refractivity (Wildman–Crippen MR) is 117 cm³/mol. The number of anilines is 1. The number of piperidine rings is 1. The predicted octanol–water partition coefficient (Wildman–Crippen LogP) is 6.12. The lowest BCUT2D eigenvalue weighted by Gasteiger charge is -2.36. The van der Waals surface area contributed by atoms with Gasteiger partial charge in [0.2, 0.25) is 0 Å². The standard InChI is InChI=1S/C25H31N3/c1-2-8-17-25(16-7-1,21-12-5-3-6-13-21)28-20-26-24-22(14-11-15-23(24)28)27-18-9-4-10-19-27/h3,5-6,11-15,20H,1-2,4,7-10,16-19H2. The first-order valence-electron chi connectivity index (χ1n) is 11.2. The van der Waals surface area contributed by atoms with Crippen molar-refractivity contribution in [3.63, 3.8) is 0 Å². The Hall–Kier alpha value is -2.29. The molecule has 1 saturated carbocycles. The van der Waals surface area contributed by atoms with E-state index in [9.17, 15) is 0 Å². The van der Waals surface area contributed by atoms with Crippen LogP contribution in [0.25, 0.3) is 11.0 Å². The molecule has 2 heterocycles. The van der Waals surface area contributed by atoms with Gasteiger partial charge in [0, 0.05) is 13.1 Å². The van der Waals surface area contributed by atoms with E-state index in [1.807, 2.05) is 0 Å². The fourth-order valence-corrected chi connectivity index (χ4v) is 5.49. The Bertz CT molecular complexity index is 913. The van der Waals surface area contributed by atoms with E-state index in [0.717, 1.165) is 13.1 Å². The molecule has 146 valence electrons. The highest BCUT2D eigenvalue weighted by Gasteiger charge is 2.36. The van der Waals surface area contributed by atoms with E-state index >= 15 is 0 Å². The zero-order valence-electron chi connectivity index (χ0n) is 16.8. The molecule has 3 heteroatoms. The second-order valence-electron chi connectivity index (χ2n) is 8.62.